The molecule has 10 heteroatoms. The van der Waals surface area contributed by atoms with Gasteiger partial charge in [-0.05, 0) is 31.9 Å². The molecule has 2 N–H and O–H groups in total. The highest BCUT2D eigenvalue weighted by Crippen LogP contribution is 2.24. The van der Waals surface area contributed by atoms with Crippen LogP contribution >= 0.6 is 0 Å². The standard InChI is InChI=1S/C22H33N3O2.C2HF3O2/c1-18-7-6-8-19(17-18)22(27)25(20-9-4-2-3-5-10-20)14-11-21(26)24-15-12-23-13-16-24;3-2(4,5)1(6)7/h6-8,17,20,23H,2-5,9-16H2,1H3;(H,6,7). The minimum Gasteiger partial charge on any atom is -0.475 e. The topological polar surface area (TPSA) is 90.0 Å². The van der Waals surface area contributed by atoms with E-state index in [1.807, 2.05) is 41.0 Å². The van der Waals surface area contributed by atoms with Crippen molar-refractivity contribution in [3.8, 4) is 0 Å². The van der Waals surface area contributed by atoms with Gasteiger partial charge in [0.15, 0.2) is 0 Å². The molecule has 2 fully saturated rings. The molecule has 0 spiro atoms. The lowest BCUT2D eigenvalue weighted by atomic mass is 10.0. The quantitative estimate of drug-likeness (QED) is 0.622. The van der Waals surface area contributed by atoms with E-state index in [0.29, 0.717) is 13.0 Å². The van der Waals surface area contributed by atoms with Crippen LogP contribution in [0.1, 0.15) is 60.9 Å². The zero-order chi connectivity index (χ0) is 25.1. The summed E-state index contributed by atoms with van der Waals surface area (Å²) in [5.41, 5.74) is 1.84. The number of hydrogen-bond acceptors (Lipinski definition) is 4. The van der Waals surface area contributed by atoms with Gasteiger partial charge in [0.05, 0.1) is 0 Å². The minimum absolute atomic E-state index is 0.0821. The predicted molar refractivity (Wildman–Crippen MR) is 121 cm³/mol. The molecule has 34 heavy (non-hydrogen) atoms. The number of carbonyl (C=O) groups is 3. The molecule has 0 unspecified atom stereocenters. The molecule has 1 aliphatic heterocycles. The van der Waals surface area contributed by atoms with Gasteiger partial charge in [-0.3, -0.25) is 9.59 Å². The normalized spacial score (nSPS) is 17.2. The Balaban J connectivity index is 0.000000509. The molecule has 1 saturated heterocycles. The van der Waals surface area contributed by atoms with Crippen molar-refractivity contribution in [2.45, 2.75) is 64.1 Å². The van der Waals surface area contributed by atoms with Gasteiger partial charge in [0, 0.05) is 50.7 Å². The van der Waals surface area contributed by atoms with E-state index in [1.165, 1.54) is 25.7 Å². The number of benzene rings is 1. The van der Waals surface area contributed by atoms with Gasteiger partial charge in [-0.25, -0.2) is 4.79 Å². The van der Waals surface area contributed by atoms with Crippen molar-refractivity contribution in [3.63, 3.8) is 0 Å². The van der Waals surface area contributed by atoms with Crippen molar-refractivity contribution >= 4 is 17.8 Å². The highest BCUT2D eigenvalue weighted by atomic mass is 19.4. The average molecular weight is 486 g/mol. The number of hydrogen-bond donors (Lipinski definition) is 2. The first-order valence-electron chi connectivity index (χ1n) is 11.8. The van der Waals surface area contributed by atoms with Crippen LogP contribution in [-0.4, -0.2) is 77.6 Å². The second-order valence-electron chi connectivity index (χ2n) is 8.70. The van der Waals surface area contributed by atoms with E-state index in [4.69, 9.17) is 9.90 Å². The number of nitrogens with one attached hydrogen (secondary N) is 1. The molecule has 2 aliphatic rings. The third-order valence-corrected chi connectivity index (χ3v) is 6.07. The molecule has 2 amide bonds. The van der Waals surface area contributed by atoms with Crippen molar-refractivity contribution in [1.82, 2.24) is 15.1 Å². The maximum atomic E-state index is 13.3. The van der Waals surface area contributed by atoms with Crippen LogP contribution in [0.5, 0.6) is 0 Å². The van der Waals surface area contributed by atoms with Gasteiger partial charge >= 0.3 is 12.1 Å². The monoisotopic (exact) mass is 485 g/mol. The fraction of sp³-hybridized carbons (Fsp3) is 0.625. The summed E-state index contributed by atoms with van der Waals surface area (Å²) in [4.78, 5) is 38.7. The summed E-state index contributed by atoms with van der Waals surface area (Å²) in [5.74, 6) is -2.50. The number of alkyl halides is 3. The van der Waals surface area contributed by atoms with Crippen LogP contribution in [0.25, 0.3) is 0 Å². The lowest BCUT2D eigenvalue weighted by Gasteiger charge is -2.33. The zero-order valence-corrected chi connectivity index (χ0v) is 19.6. The fourth-order valence-electron chi connectivity index (χ4n) is 4.25. The number of piperazine rings is 1. The highest BCUT2D eigenvalue weighted by Gasteiger charge is 2.38. The summed E-state index contributed by atoms with van der Waals surface area (Å²) >= 11 is 0. The smallest absolute Gasteiger partial charge is 0.475 e. The van der Waals surface area contributed by atoms with Crippen LogP contribution in [0, 0.1) is 6.92 Å². The molecule has 0 bridgehead atoms. The molecule has 1 aromatic carbocycles. The number of carboxylic acids is 1. The average Bonchev–Trinajstić information content (AvgIpc) is 3.09. The first-order chi connectivity index (χ1) is 16.1. The lowest BCUT2D eigenvalue weighted by Crippen LogP contribution is -2.48. The van der Waals surface area contributed by atoms with Crippen molar-refractivity contribution in [1.29, 1.82) is 0 Å². The Morgan fingerprint density at radius 1 is 1.09 bits per heavy atom. The number of carboxylic acid groups (broad SMARTS) is 1. The van der Waals surface area contributed by atoms with Crippen LogP contribution < -0.4 is 5.32 Å². The summed E-state index contributed by atoms with van der Waals surface area (Å²) in [5, 5.41) is 10.4. The van der Waals surface area contributed by atoms with E-state index < -0.39 is 12.1 Å². The van der Waals surface area contributed by atoms with Crippen LogP contribution in [0.15, 0.2) is 24.3 Å². The van der Waals surface area contributed by atoms with Gasteiger partial charge in [-0.1, -0.05) is 43.4 Å². The molecule has 1 aliphatic carbocycles. The Morgan fingerprint density at radius 2 is 1.68 bits per heavy atom. The van der Waals surface area contributed by atoms with E-state index in [1.54, 1.807) is 0 Å². The number of carbonyl (C=O) groups excluding carboxylic acids is 2. The van der Waals surface area contributed by atoms with Crippen LogP contribution in [0.3, 0.4) is 0 Å². The molecule has 190 valence electrons. The molecular formula is C24H34F3N3O4. The van der Waals surface area contributed by atoms with Gasteiger partial charge in [-0.2, -0.15) is 13.2 Å². The number of rotatable bonds is 5. The van der Waals surface area contributed by atoms with Gasteiger partial charge in [0.1, 0.15) is 0 Å². The van der Waals surface area contributed by atoms with Gasteiger partial charge < -0.3 is 20.2 Å². The summed E-state index contributed by atoms with van der Waals surface area (Å²) in [7, 11) is 0. The van der Waals surface area contributed by atoms with E-state index >= 15 is 0 Å². The van der Waals surface area contributed by atoms with Crippen molar-refractivity contribution in [2.75, 3.05) is 32.7 Å². The lowest BCUT2D eigenvalue weighted by molar-refractivity contribution is -0.192. The number of halogens is 3. The van der Waals surface area contributed by atoms with Crippen molar-refractivity contribution in [2.24, 2.45) is 0 Å². The molecule has 0 aromatic heterocycles. The van der Waals surface area contributed by atoms with Gasteiger partial charge in [0.25, 0.3) is 5.91 Å². The first kappa shape index (κ1) is 27.6. The molecule has 1 saturated carbocycles. The Labute approximate surface area is 198 Å². The third kappa shape index (κ3) is 8.96. The molecule has 7 nitrogen and oxygen atoms in total. The van der Waals surface area contributed by atoms with E-state index in [-0.39, 0.29) is 17.9 Å². The van der Waals surface area contributed by atoms with Gasteiger partial charge in [0.2, 0.25) is 5.91 Å². The Kier molecular flexibility index (Phi) is 10.8. The third-order valence-electron chi connectivity index (χ3n) is 6.07. The zero-order valence-electron chi connectivity index (χ0n) is 19.6. The Hall–Kier alpha value is -2.62. The fourth-order valence-corrected chi connectivity index (χ4v) is 4.25. The molecule has 3 rings (SSSR count). The van der Waals surface area contributed by atoms with Gasteiger partial charge in [-0.15, -0.1) is 0 Å². The van der Waals surface area contributed by atoms with Crippen LogP contribution in [0.4, 0.5) is 13.2 Å². The number of aliphatic carboxylic acids is 1. The second kappa shape index (κ2) is 13.3. The summed E-state index contributed by atoms with van der Waals surface area (Å²) in [6.45, 7) is 5.81. The number of amides is 2. The molecule has 1 heterocycles. The Morgan fingerprint density at radius 3 is 2.21 bits per heavy atom. The maximum absolute atomic E-state index is 13.3. The molecule has 1 aromatic rings. The summed E-state index contributed by atoms with van der Waals surface area (Å²) < 4.78 is 31.7. The molecule has 0 radical (unpaired) electrons. The van der Waals surface area contributed by atoms with E-state index in [2.05, 4.69) is 5.32 Å². The largest absolute Gasteiger partial charge is 0.490 e. The summed E-state index contributed by atoms with van der Waals surface area (Å²) in [6.07, 6.45) is 2.31. The second-order valence-corrected chi connectivity index (χ2v) is 8.70. The summed E-state index contributed by atoms with van der Waals surface area (Å²) in [6, 6.07) is 8.08. The predicted octanol–water partition coefficient (Wildman–Crippen LogP) is 3.62. The SMILES string of the molecule is Cc1cccc(C(=O)N(CCC(=O)N2CCNCC2)C2CCCCCC2)c1.O=C(O)C(F)(F)F. The number of nitrogens with zero attached hydrogens (tertiary/aromatic N) is 2. The number of aryl methyl sites for hydroxylation is 1. The maximum Gasteiger partial charge on any atom is 0.490 e. The molecular weight excluding hydrogens is 451 g/mol. The highest BCUT2D eigenvalue weighted by molar-refractivity contribution is 5.95. The first-order valence-corrected chi connectivity index (χ1v) is 11.8. The van der Waals surface area contributed by atoms with Crippen molar-refractivity contribution < 1.29 is 32.7 Å². The van der Waals surface area contributed by atoms with Crippen LogP contribution in [0.2, 0.25) is 0 Å². The molecule has 0 atom stereocenters. The van der Waals surface area contributed by atoms with Crippen molar-refractivity contribution in [3.05, 3.63) is 35.4 Å². The van der Waals surface area contributed by atoms with E-state index in [9.17, 15) is 22.8 Å². The Bertz CT molecular complexity index is 818. The minimum atomic E-state index is -5.08. The van der Waals surface area contributed by atoms with Crippen LogP contribution in [-0.2, 0) is 9.59 Å². The van der Waals surface area contributed by atoms with E-state index in [0.717, 1.165) is 50.1 Å².